The zero-order valence-corrected chi connectivity index (χ0v) is 14.6. The fraction of sp³-hybridized carbons (Fsp3) is 0.444. The molecule has 2 aliphatic heterocycles. The Morgan fingerprint density at radius 3 is 3.04 bits per heavy atom. The van der Waals surface area contributed by atoms with E-state index in [0.717, 1.165) is 42.5 Å². The van der Waals surface area contributed by atoms with Crippen LogP contribution in [0, 0.1) is 0 Å². The van der Waals surface area contributed by atoms with E-state index in [2.05, 4.69) is 32.6 Å². The van der Waals surface area contributed by atoms with Gasteiger partial charge < -0.3 is 19.7 Å². The van der Waals surface area contributed by atoms with Gasteiger partial charge in [-0.05, 0) is 29.7 Å². The van der Waals surface area contributed by atoms with Gasteiger partial charge in [0.1, 0.15) is 0 Å². The van der Waals surface area contributed by atoms with Crippen molar-refractivity contribution in [3.8, 4) is 11.5 Å². The summed E-state index contributed by atoms with van der Waals surface area (Å²) >= 11 is 0. The van der Waals surface area contributed by atoms with Crippen molar-refractivity contribution in [3.63, 3.8) is 0 Å². The molecule has 0 aliphatic carbocycles. The Balaban J connectivity index is 1.36. The second-order valence-electron chi connectivity index (χ2n) is 6.47. The number of hydrogen-bond acceptors (Lipinski definition) is 4. The van der Waals surface area contributed by atoms with E-state index >= 15 is 0 Å². The maximum absolute atomic E-state index is 5.44. The Hall–Kier alpha value is -2.70. The van der Waals surface area contributed by atoms with Gasteiger partial charge in [-0.1, -0.05) is 6.07 Å². The molecule has 1 fully saturated rings. The lowest BCUT2D eigenvalue weighted by Crippen LogP contribution is -2.39. The van der Waals surface area contributed by atoms with Gasteiger partial charge >= 0.3 is 0 Å². The van der Waals surface area contributed by atoms with Gasteiger partial charge in [-0.15, -0.1) is 0 Å². The highest BCUT2D eigenvalue weighted by molar-refractivity contribution is 5.80. The highest BCUT2D eigenvalue weighted by atomic mass is 16.7. The van der Waals surface area contributed by atoms with E-state index in [4.69, 9.17) is 9.47 Å². The summed E-state index contributed by atoms with van der Waals surface area (Å²) in [5.74, 6) is 3.07. The highest BCUT2D eigenvalue weighted by Crippen LogP contribution is 2.32. The van der Waals surface area contributed by atoms with Gasteiger partial charge in [-0.3, -0.25) is 9.67 Å². The predicted molar refractivity (Wildman–Crippen MR) is 94.9 cm³/mol. The number of aromatic nitrogens is 2. The maximum Gasteiger partial charge on any atom is 0.231 e. The summed E-state index contributed by atoms with van der Waals surface area (Å²) in [6, 6.07) is 6.03. The number of aryl methyl sites for hydroxylation is 1. The van der Waals surface area contributed by atoms with Crippen LogP contribution >= 0.6 is 0 Å². The second kappa shape index (κ2) is 6.66. The number of guanidine groups is 1. The Bertz CT molecular complexity index is 786. The van der Waals surface area contributed by atoms with Gasteiger partial charge in [0.05, 0.1) is 6.20 Å². The average Bonchev–Trinajstić information content (AvgIpc) is 3.34. The van der Waals surface area contributed by atoms with Crippen LogP contribution in [0.1, 0.15) is 23.5 Å². The third-order valence-corrected chi connectivity index (χ3v) is 4.78. The molecular formula is C18H23N5O2. The summed E-state index contributed by atoms with van der Waals surface area (Å²) in [7, 11) is 3.79. The molecule has 1 aromatic heterocycles. The molecule has 1 N–H and O–H groups in total. The molecule has 0 bridgehead atoms. The van der Waals surface area contributed by atoms with Crippen LogP contribution in [0.25, 0.3) is 0 Å². The number of nitrogens with one attached hydrogen (secondary N) is 1. The lowest BCUT2D eigenvalue weighted by Gasteiger charge is -2.21. The number of rotatable bonds is 3. The first-order chi connectivity index (χ1) is 12.2. The van der Waals surface area contributed by atoms with Crippen molar-refractivity contribution in [2.45, 2.75) is 18.9 Å². The van der Waals surface area contributed by atoms with Crippen LogP contribution in [0.15, 0.2) is 35.6 Å². The van der Waals surface area contributed by atoms with Gasteiger partial charge in [0.15, 0.2) is 17.5 Å². The summed E-state index contributed by atoms with van der Waals surface area (Å²) in [4.78, 5) is 6.76. The van der Waals surface area contributed by atoms with Crippen LogP contribution in [0.3, 0.4) is 0 Å². The summed E-state index contributed by atoms with van der Waals surface area (Å²) in [6.45, 7) is 2.97. The molecule has 0 radical (unpaired) electrons. The Morgan fingerprint density at radius 1 is 1.36 bits per heavy atom. The summed E-state index contributed by atoms with van der Waals surface area (Å²) in [6.07, 6.45) is 5.20. The number of aliphatic imine (C=N–C) groups is 1. The molecule has 1 atom stereocenters. The molecule has 2 aromatic rings. The van der Waals surface area contributed by atoms with Crippen molar-refractivity contribution >= 4 is 5.96 Å². The number of hydrogen-bond donors (Lipinski definition) is 1. The standard InChI is InChI=1S/C18H23N5O2/c1-19-18(20-8-13-3-4-16-17(7-13)25-12-24-16)23-6-5-14(11-23)15-9-21-22(2)10-15/h3-4,7,9-10,14H,5-6,8,11-12H2,1-2H3,(H,19,20). The van der Waals surface area contributed by atoms with E-state index in [-0.39, 0.29) is 0 Å². The van der Waals surface area contributed by atoms with E-state index in [1.807, 2.05) is 37.1 Å². The monoisotopic (exact) mass is 341 g/mol. The molecule has 132 valence electrons. The van der Waals surface area contributed by atoms with Crippen molar-refractivity contribution in [1.29, 1.82) is 0 Å². The average molecular weight is 341 g/mol. The first kappa shape index (κ1) is 15.8. The first-order valence-corrected chi connectivity index (χ1v) is 8.55. The number of benzene rings is 1. The lowest BCUT2D eigenvalue weighted by atomic mass is 10.0. The van der Waals surface area contributed by atoms with Gasteiger partial charge in [0.25, 0.3) is 0 Å². The predicted octanol–water partition coefficient (Wildman–Crippen LogP) is 1.71. The Morgan fingerprint density at radius 2 is 2.24 bits per heavy atom. The number of likely N-dealkylation sites (tertiary alicyclic amines) is 1. The molecular weight excluding hydrogens is 318 g/mol. The van der Waals surface area contributed by atoms with Crippen LogP contribution in [0.2, 0.25) is 0 Å². The topological polar surface area (TPSA) is 63.9 Å². The largest absolute Gasteiger partial charge is 0.454 e. The lowest BCUT2D eigenvalue weighted by molar-refractivity contribution is 0.174. The fourth-order valence-electron chi connectivity index (χ4n) is 3.44. The SMILES string of the molecule is CN=C(NCc1ccc2c(c1)OCO2)N1CCC(c2cnn(C)c2)C1. The van der Waals surface area contributed by atoms with E-state index < -0.39 is 0 Å². The van der Waals surface area contributed by atoms with Crippen LogP contribution in [0.4, 0.5) is 0 Å². The summed E-state index contributed by atoms with van der Waals surface area (Å²) < 4.78 is 12.7. The Labute approximate surface area is 147 Å². The van der Waals surface area contributed by atoms with Gasteiger partial charge in [-0.25, -0.2) is 0 Å². The molecule has 3 heterocycles. The molecule has 1 saturated heterocycles. The smallest absolute Gasteiger partial charge is 0.231 e. The molecule has 1 aromatic carbocycles. The molecule has 7 nitrogen and oxygen atoms in total. The zero-order chi connectivity index (χ0) is 17.2. The van der Waals surface area contributed by atoms with E-state index in [9.17, 15) is 0 Å². The third kappa shape index (κ3) is 3.26. The number of fused-ring (bicyclic) bond motifs is 1. The van der Waals surface area contributed by atoms with Crippen LogP contribution < -0.4 is 14.8 Å². The maximum atomic E-state index is 5.44. The molecule has 4 rings (SSSR count). The van der Waals surface area contributed by atoms with Crippen molar-refractivity contribution < 1.29 is 9.47 Å². The van der Waals surface area contributed by atoms with E-state index in [1.165, 1.54) is 5.56 Å². The van der Waals surface area contributed by atoms with Crippen LogP contribution in [0.5, 0.6) is 11.5 Å². The summed E-state index contributed by atoms with van der Waals surface area (Å²) in [5.41, 5.74) is 2.45. The third-order valence-electron chi connectivity index (χ3n) is 4.78. The normalized spacial score (nSPS) is 19.5. The molecule has 7 heteroatoms. The van der Waals surface area contributed by atoms with Crippen molar-refractivity contribution in [2.75, 3.05) is 26.9 Å². The zero-order valence-electron chi connectivity index (χ0n) is 14.6. The van der Waals surface area contributed by atoms with Gasteiger partial charge in [-0.2, -0.15) is 5.10 Å². The van der Waals surface area contributed by atoms with Crippen molar-refractivity contribution in [2.24, 2.45) is 12.0 Å². The minimum atomic E-state index is 0.303. The van der Waals surface area contributed by atoms with Gasteiger partial charge in [0.2, 0.25) is 6.79 Å². The molecule has 0 saturated carbocycles. The minimum absolute atomic E-state index is 0.303. The highest BCUT2D eigenvalue weighted by Gasteiger charge is 2.26. The van der Waals surface area contributed by atoms with E-state index in [0.29, 0.717) is 19.3 Å². The molecule has 0 amide bonds. The molecule has 25 heavy (non-hydrogen) atoms. The van der Waals surface area contributed by atoms with E-state index in [1.54, 1.807) is 0 Å². The fourth-order valence-corrected chi connectivity index (χ4v) is 3.44. The number of ether oxygens (including phenoxy) is 2. The quantitative estimate of drug-likeness (QED) is 0.680. The molecule has 2 aliphatic rings. The van der Waals surface area contributed by atoms with Crippen molar-refractivity contribution in [3.05, 3.63) is 41.7 Å². The van der Waals surface area contributed by atoms with Crippen LogP contribution in [-0.2, 0) is 13.6 Å². The first-order valence-electron chi connectivity index (χ1n) is 8.55. The second-order valence-corrected chi connectivity index (χ2v) is 6.47. The van der Waals surface area contributed by atoms with Gasteiger partial charge in [0, 0.05) is 45.8 Å². The van der Waals surface area contributed by atoms with Crippen molar-refractivity contribution in [1.82, 2.24) is 20.0 Å². The number of nitrogens with zero attached hydrogens (tertiary/aromatic N) is 4. The van der Waals surface area contributed by atoms with Crippen LogP contribution in [-0.4, -0.2) is 47.6 Å². The molecule has 1 unspecified atom stereocenters. The summed E-state index contributed by atoms with van der Waals surface area (Å²) in [5, 5.41) is 7.74. The Kier molecular flexibility index (Phi) is 4.21. The minimum Gasteiger partial charge on any atom is -0.454 e. The molecule has 0 spiro atoms.